The van der Waals surface area contributed by atoms with Gasteiger partial charge < -0.3 is 5.11 Å². The van der Waals surface area contributed by atoms with Crippen LogP contribution in [0, 0.1) is 11.6 Å². The van der Waals surface area contributed by atoms with Crippen LogP contribution >= 0.6 is 11.8 Å². The quantitative estimate of drug-likeness (QED) is 0.830. The molecule has 8 heteroatoms. The van der Waals surface area contributed by atoms with E-state index in [1.54, 1.807) is 0 Å². The van der Waals surface area contributed by atoms with Crippen LogP contribution in [0.4, 0.5) is 8.78 Å². The molecule has 2 rings (SSSR count). The van der Waals surface area contributed by atoms with Crippen LogP contribution in [0.2, 0.25) is 0 Å². The van der Waals surface area contributed by atoms with Gasteiger partial charge in [0.15, 0.2) is 0 Å². The van der Waals surface area contributed by atoms with Crippen molar-refractivity contribution >= 4 is 11.8 Å². The van der Waals surface area contributed by atoms with Gasteiger partial charge in [0, 0.05) is 11.8 Å². The molecule has 0 fully saturated rings. The van der Waals surface area contributed by atoms with Crippen molar-refractivity contribution < 1.29 is 13.9 Å². The Morgan fingerprint density at radius 3 is 2.89 bits per heavy atom. The Bertz CT molecular complexity index is 534. The van der Waals surface area contributed by atoms with Gasteiger partial charge in [-0.1, -0.05) is 17.8 Å². The van der Waals surface area contributed by atoms with Crippen molar-refractivity contribution in [3.8, 4) is 0 Å². The summed E-state index contributed by atoms with van der Waals surface area (Å²) in [5, 5.41) is 20.2. The van der Waals surface area contributed by atoms with E-state index in [0.717, 1.165) is 6.07 Å². The standard InChI is InChI=1S/C10H10F2N4OS/c11-8-2-1-7(9(12)5-8)6-18-10-13-14-15-16(10)3-4-17/h1-2,5,17H,3-4,6H2. The van der Waals surface area contributed by atoms with Gasteiger partial charge >= 0.3 is 0 Å². The van der Waals surface area contributed by atoms with Gasteiger partial charge in [-0.05, 0) is 22.1 Å². The Balaban J connectivity index is 2.04. The Kier molecular flexibility index (Phi) is 4.21. The molecule has 0 aliphatic rings. The van der Waals surface area contributed by atoms with Crippen LogP contribution in [0.1, 0.15) is 5.56 Å². The Labute approximate surface area is 106 Å². The van der Waals surface area contributed by atoms with Gasteiger partial charge in [0.25, 0.3) is 0 Å². The minimum atomic E-state index is -0.605. The number of thioether (sulfide) groups is 1. The molecular weight excluding hydrogens is 262 g/mol. The monoisotopic (exact) mass is 272 g/mol. The number of aliphatic hydroxyl groups excluding tert-OH is 1. The predicted octanol–water partition coefficient (Wildman–Crippen LogP) is 1.24. The lowest BCUT2D eigenvalue weighted by Gasteiger charge is -2.03. The fourth-order valence-corrected chi connectivity index (χ4v) is 2.21. The molecule has 0 aliphatic heterocycles. The first-order valence-electron chi connectivity index (χ1n) is 5.14. The van der Waals surface area contributed by atoms with E-state index in [9.17, 15) is 8.78 Å². The lowest BCUT2D eigenvalue weighted by atomic mass is 10.2. The summed E-state index contributed by atoms with van der Waals surface area (Å²) in [6.07, 6.45) is 0. The van der Waals surface area contributed by atoms with E-state index < -0.39 is 11.6 Å². The normalized spacial score (nSPS) is 10.8. The van der Waals surface area contributed by atoms with Crippen molar-refractivity contribution in [1.82, 2.24) is 20.2 Å². The van der Waals surface area contributed by atoms with E-state index in [0.29, 0.717) is 10.7 Å². The minimum Gasteiger partial charge on any atom is -0.394 e. The summed E-state index contributed by atoms with van der Waals surface area (Å²) in [6, 6.07) is 3.43. The SMILES string of the molecule is OCCn1nnnc1SCc1ccc(F)cc1F. The summed E-state index contributed by atoms with van der Waals surface area (Å²) in [5.41, 5.74) is 0.375. The van der Waals surface area contributed by atoms with Crippen LogP contribution < -0.4 is 0 Å². The smallest absolute Gasteiger partial charge is 0.209 e. The molecule has 0 atom stereocenters. The van der Waals surface area contributed by atoms with Crippen LogP contribution in [-0.4, -0.2) is 31.9 Å². The molecule has 0 amide bonds. The van der Waals surface area contributed by atoms with Gasteiger partial charge in [0.1, 0.15) is 11.6 Å². The summed E-state index contributed by atoms with van der Waals surface area (Å²) in [5.74, 6) is -0.909. The molecule has 1 heterocycles. The van der Waals surface area contributed by atoms with Crippen molar-refractivity contribution in [1.29, 1.82) is 0 Å². The predicted molar refractivity (Wildman–Crippen MR) is 60.8 cm³/mol. The number of aliphatic hydroxyl groups is 1. The number of hydrogen-bond donors (Lipinski definition) is 1. The maximum absolute atomic E-state index is 13.4. The van der Waals surface area contributed by atoms with Gasteiger partial charge in [0.2, 0.25) is 5.16 Å². The van der Waals surface area contributed by atoms with Gasteiger partial charge in [-0.25, -0.2) is 13.5 Å². The zero-order chi connectivity index (χ0) is 13.0. The molecular formula is C10H10F2N4OS. The molecule has 96 valence electrons. The van der Waals surface area contributed by atoms with Crippen molar-refractivity contribution in [3.05, 3.63) is 35.4 Å². The van der Waals surface area contributed by atoms with E-state index in [4.69, 9.17) is 5.11 Å². The molecule has 0 spiro atoms. The van der Waals surface area contributed by atoms with Gasteiger partial charge in [-0.3, -0.25) is 0 Å². The second-order valence-electron chi connectivity index (χ2n) is 3.43. The van der Waals surface area contributed by atoms with Crippen molar-refractivity contribution in [2.24, 2.45) is 0 Å². The highest BCUT2D eigenvalue weighted by Gasteiger charge is 2.09. The van der Waals surface area contributed by atoms with E-state index in [-0.39, 0.29) is 18.9 Å². The van der Waals surface area contributed by atoms with Crippen LogP contribution in [0.5, 0.6) is 0 Å². The molecule has 0 unspecified atom stereocenters. The summed E-state index contributed by atoms with van der Waals surface area (Å²) < 4.78 is 27.5. The van der Waals surface area contributed by atoms with Crippen LogP contribution in [-0.2, 0) is 12.3 Å². The summed E-state index contributed by atoms with van der Waals surface area (Å²) in [4.78, 5) is 0. The highest BCUT2D eigenvalue weighted by atomic mass is 32.2. The number of benzene rings is 1. The number of nitrogens with zero attached hydrogens (tertiary/aromatic N) is 4. The molecule has 0 bridgehead atoms. The Hall–Kier alpha value is -1.54. The molecule has 2 aromatic rings. The third kappa shape index (κ3) is 3.02. The molecule has 0 saturated heterocycles. The lowest BCUT2D eigenvalue weighted by Crippen LogP contribution is -2.05. The molecule has 5 nitrogen and oxygen atoms in total. The molecule has 1 aromatic heterocycles. The first kappa shape index (κ1) is 12.9. The number of rotatable bonds is 5. The molecule has 1 aromatic carbocycles. The maximum atomic E-state index is 13.4. The Morgan fingerprint density at radius 2 is 2.17 bits per heavy atom. The highest BCUT2D eigenvalue weighted by molar-refractivity contribution is 7.98. The average molecular weight is 272 g/mol. The van der Waals surface area contributed by atoms with Gasteiger partial charge in [-0.2, -0.15) is 0 Å². The molecule has 0 saturated carbocycles. The average Bonchev–Trinajstić information content (AvgIpc) is 2.76. The van der Waals surface area contributed by atoms with Crippen LogP contribution in [0.25, 0.3) is 0 Å². The topological polar surface area (TPSA) is 63.8 Å². The summed E-state index contributed by atoms with van der Waals surface area (Å²) in [7, 11) is 0. The number of aromatic nitrogens is 4. The van der Waals surface area contributed by atoms with E-state index in [2.05, 4.69) is 15.5 Å². The summed E-state index contributed by atoms with van der Waals surface area (Å²) >= 11 is 1.22. The van der Waals surface area contributed by atoms with E-state index >= 15 is 0 Å². The van der Waals surface area contributed by atoms with Crippen molar-refractivity contribution in [3.63, 3.8) is 0 Å². The number of hydrogen-bond acceptors (Lipinski definition) is 5. The first-order valence-corrected chi connectivity index (χ1v) is 6.13. The van der Waals surface area contributed by atoms with Crippen LogP contribution in [0.15, 0.2) is 23.4 Å². The number of tetrazole rings is 1. The molecule has 18 heavy (non-hydrogen) atoms. The van der Waals surface area contributed by atoms with E-state index in [1.165, 1.54) is 28.6 Å². The molecule has 0 aliphatic carbocycles. The fourth-order valence-electron chi connectivity index (χ4n) is 1.32. The van der Waals surface area contributed by atoms with Gasteiger partial charge in [0.05, 0.1) is 13.2 Å². The zero-order valence-corrected chi connectivity index (χ0v) is 10.1. The third-order valence-electron chi connectivity index (χ3n) is 2.18. The zero-order valence-electron chi connectivity index (χ0n) is 9.25. The summed E-state index contributed by atoms with van der Waals surface area (Å²) in [6.45, 7) is 0.199. The second-order valence-corrected chi connectivity index (χ2v) is 4.38. The van der Waals surface area contributed by atoms with Crippen molar-refractivity contribution in [2.75, 3.05) is 6.61 Å². The largest absolute Gasteiger partial charge is 0.394 e. The third-order valence-corrected chi connectivity index (χ3v) is 3.19. The Morgan fingerprint density at radius 1 is 1.33 bits per heavy atom. The second kappa shape index (κ2) is 5.87. The minimum absolute atomic E-state index is 0.0799. The molecule has 0 radical (unpaired) electrons. The lowest BCUT2D eigenvalue weighted by molar-refractivity contribution is 0.262. The fraction of sp³-hybridized carbons (Fsp3) is 0.300. The maximum Gasteiger partial charge on any atom is 0.209 e. The number of halogens is 2. The van der Waals surface area contributed by atoms with Gasteiger partial charge in [-0.15, -0.1) is 5.10 Å². The van der Waals surface area contributed by atoms with Crippen LogP contribution in [0.3, 0.4) is 0 Å². The van der Waals surface area contributed by atoms with Crippen molar-refractivity contribution in [2.45, 2.75) is 17.5 Å². The molecule has 1 N–H and O–H groups in total. The highest BCUT2D eigenvalue weighted by Crippen LogP contribution is 2.22. The van der Waals surface area contributed by atoms with E-state index in [1.807, 2.05) is 0 Å². The first-order chi connectivity index (χ1) is 8.70.